The van der Waals surface area contributed by atoms with Crippen LogP contribution < -0.4 is 10.6 Å². The first-order valence-electron chi connectivity index (χ1n) is 6.43. The minimum atomic E-state index is -0.407. The smallest absolute Gasteiger partial charge is 0.340 e. The highest BCUT2D eigenvalue weighted by Gasteiger charge is 2.27. The van der Waals surface area contributed by atoms with E-state index in [-0.39, 0.29) is 12.0 Å². The van der Waals surface area contributed by atoms with E-state index in [1.165, 1.54) is 7.11 Å². The van der Waals surface area contributed by atoms with Crippen molar-refractivity contribution in [1.82, 2.24) is 0 Å². The van der Waals surface area contributed by atoms with Gasteiger partial charge in [-0.05, 0) is 30.5 Å². The summed E-state index contributed by atoms with van der Waals surface area (Å²) in [4.78, 5) is 13.8. The number of carbonyl (C=O) groups excluding carboxylic acids is 1. The number of nitrogens with zero attached hydrogens (tertiary/aromatic N) is 1. The number of hydrogen-bond acceptors (Lipinski definition) is 5. The first-order valence-corrected chi connectivity index (χ1v) is 6.43. The monoisotopic (exact) mass is 264 g/mol. The van der Waals surface area contributed by atoms with Crippen molar-refractivity contribution in [2.45, 2.75) is 19.4 Å². The van der Waals surface area contributed by atoms with Crippen molar-refractivity contribution in [3.63, 3.8) is 0 Å². The molecule has 5 nitrogen and oxygen atoms in total. The number of nitrogen functional groups attached to an aromatic ring is 1. The Morgan fingerprint density at radius 1 is 1.53 bits per heavy atom. The van der Waals surface area contributed by atoms with Crippen molar-refractivity contribution in [2.75, 3.05) is 30.8 Å². The van der Waals surface area contributed by atoms with Crippen LogP contribution in [0.15, 0.2) is 18.2 Å². The van der Waals surface area contributed by atoms with Gasteiger partial charge in [-0.15, -0.1) is 0 Å². The summed E-state index contributed by atoms with van der Waals surface area (Å²) >= 11 is 0. The zero-order valence-electron chi connectivity index (χ0n) is 11.3. The van der Waals surface area contributed by atoms with Gasteiger partial charge in [0.2, 0.25) is 0 Å². The molecule has 1 fully saturated rings. The number of rotatable bonds is 2. The summed E-state index contributed by atoms with van der Waals surface area (Å²) < 4.78 is 4.79. The predicted octanol–water partition coefficient (Wildman–Crippen LogP) is 1.26. The fraction of sp³-hybridized carbons (Fsp3) is 0.500. The van der Waals surface area contributed by atoms with Crippen LogP contribution >= 0.6 is 0 Å². The number of aliphatic hydroxyl groups is 1. The molecule has 1 aliphatic heterocycles. The molecule has 2 atom stereocenters. The standard InChI is InChI=1S/C14H20N2O3/c1-9-5-6-16(8-13(9)17)12-4-3-10(15)7-11(12)14(18)19-2/h3-4,7,9,13,17H,5-6,8,15H2,1-2H3. The molecule has 1 aromatic rings. The van der Waals surface area contributed by atoms with Crippen molar-refractivity contribution in [2.24, 2.45) is 5.92 Å². The summed E-state index contributed by atoms with van der Waals surface area (Å²) in [5.41, 5.74) is 7.47. The molecule has 0 saturated carbocycles. The largest absolute Gasteiger partial charge is 0.465 e. The molecule has 19 heavy (non-hydrogen) atoms. The molecule has 0 spiro atoms. The van der Waals surface area contributed by atoms with Gasteiger partial charge in [0.25, 0.3) is 0 Å². The lowest BCUT2D eigenvalue weighted by Gasteiger charge is -2.36. The van der Waals surface area contributed by atoms with Gasteiger partial charge in [0.15, 0.2) is 0 Å². The SMILES string of the molecule is COC(=O)c1cc(N)ccc1N1CCC(C)C(O)C1. The minimum absolute atomic E-state index is 0.284. The molecule has 104 valence electrons. The molecule has 3 N–H and O–H groups in total. The lowest BCUT2D eigenvalue weighted by molar-refractivity contribution is 0.0600. The molecule has 5 heteroatoms. The summed E-state index contributed by atoms with van der Waals surface area (Å²) in [6, 6.07) is 5.18. The van der Waals surface area contributed by atoms with Crippen molar-refractivity contribution < 1.29 is 14.6 Å². The molecule has 0 radical (unpaired) electrons. The number of carbonyl (C=O) groups is 1. The van der Waals surface area contributed by atoms with Crippen LogP contribution in [-0.2, 0) is 4.74 Å². The zero-order valence-corrected chi connectivity index (χ0v) is 11.3. The number of aliphatic hydroxyl groups excluding tert-OH is 1. The van der Waals surface area contributed by atoms with Crippen molar-refractivity contribution in [3.05, 3.63) is 23.8 Å². The molecular formula is C14H20N2O3. The molecule has 2 unspecified atom stereocenters. The Bertz CT molecular complexity index is 476. The van der Waals surface area contributed by atoms with Crippen LogP contribution in [0.25, 0.3) is 0 Å². The van der Waals surface area contributed by atoms with E-state index >= 15 is 0 Å². The molecule has 1 aliphatic rings. The second-order valence-corrected chi connectivity index (χ2v) is 5.05. The van der Waals surface area contributed by atoms with Crippen molar-refractivity contribution >= 4 is 17.3 Å². The lowest BCUT2D eigenvalue weighted by atomic mass is 9.95. The molecule has 1 saturated heterocycles. The van der Waals surface area contributed by atoms with Crippen LogP contribution in [0.5, 0.6) is 0 Å². The maximum absolute atomic E-state index is 11.8. The highest BCUT2D eigenvalue weighted by molar-refractivity contribution is 5.97. The van der Waals surface area contributed by atoms with Crippen LogP contribution in [0.3, 0.4) is 0 Å². The van der Waals surface area contributed by atoms with Crippen LogP contribution in [0, 0.1) is 5.92 Å². The number of anilines is 2. The third-order valence-corrected chi connectivity index (χ3v) is 3.69. The number of esters is 1. The highest BCUT2D eigenvalue weighted by atomic mass is 16.5. The molecule has 0 aliphatic carbocycles. The van der Waals surface area contributed by atoms with E-state index in [2.05, 4.69) is 0 Å². The minimum Gasteiger partial charge on any atom is -0.465 e. The Hall–Kier alpha value is -1.75. The summed E-state index contributed by atoms with van der Waals surface area (Å²) in [6.45, 7) is 3.37. The second-order valence-electron chi connectivity index (χ2n) is 5.05. The van der Waals surface area contributed by atoms with Gasteiger partial charge in [0.1, 0.15) is 0 Å². The van der Waals surface area contributed by atoms with Crippen molar-refractivity contribution in [3.8, 4) is 0 Å². The first kappa shape index (κ1) is 13.7. The number of piperidine rings is 1. The third-order valence-electron chi connectivity index (χ3n) is 3.69. The molecule has 0 aromatic heterocycles. The third kappa shape index (κ3) is 2.81. The maximum Gasteiger partial charge on any atom is 0.340 e. The molecule has 2 rings (SSSR count). The topological polar surface area (TPSA) is 75.8 Å². The number of β-amino-alcohol motifs (C(OH)–C–C–N with tert-alkyl or cyclic N) is 1. The lowest BCUT2D eigenvalue weighted by Crippen LogP contribution is -2.43. The van der Waals surface area contributed by atoms with Crippen LogP contribution in [0.1, 0.15) is 23.7 Å². The average molecular weight is 264 g/mol. The van der Waals surface area contributed by atoms with Crippen LogP contribution in [0.2, 0.25) is 0 Å². The van der Waals surface area contributed by atoms with Crippen LogP contribution in [0.4, 0.5) is 11.4 Å². The molecule has 1 aromatic carbocycles. The van der Waals surface area contributed by atoms with Gasteiger partial charge in [-0.1, -0.05) is 6.92 Å². The van der Waals surface area contributed by atoms with Gasteiger partial charge < -0.3 is 20.5 Å². The van der Waals surface area contributed by atoms with E-state index in [9.17, 15) is 9.90 Å². The normalized spacial score (nSPS) is 23.2. The Labute approximate surface area is 113 Å². The summed E-state index contributed by atoms with van der Waals surface area (Å²) in [5.74, 6) is -0.123. The quantitative estimate of drug-likeness (QED) is 0.621. The summed E-state index contributed by atoms with van der Waals surface area (Å²) in [5, 5.41) is 9.97. The maximum atomic E-state index is 11.8. The molecule has 0 amide bonds. The van der Waals surface area contributed by atoms with Gasteiger partial charge in [-0.3, -0.25) is 0 Å². The van der Waals surface area contributed by atoms with Gasteiger partial charge in [0, 0.05) is 18.8 Å². The second kappa shape index (κ2) is 5.48. The van der Waals surface area contributed by atoms with E-state index in [1.54, 1.807) is 12.1 Å². The Morgan fingerprint density at radius 3 is 2.89 bits per heavy atom. The van der Waals surface area contributed by atoms with Gasteiger partial charge in [-0.2, -0.15) is 0 Å². The van der Waals surface area contributed by atoms with E-state index in [0.29, 0.717) is 17.8 Å². The highest BCUT2D eigenvalue weighted by Crippen LogP contribution is 2.28. The first-order chi connectivity index (χ1) is 9.02. The predicted molar refractivity (Wildman–Crippen MR) is 74.2 cm³/mol. The summed E-state index contributed by atoms with van der Waals surface area (Å²) in [7, 11) is 1.35. The Kier molecular flexibility index (Phi) is 3.95. The fourth-order valence-electron chi connectivity index (χ4n) is 2.37. The van der Waals surface area contributed by atoms with Crippen LogP contribution in [-0.4, -0.2) is 37.4 Å². The molecule has 0 bridgehead atoms. The number of methoxy groups -OCH3 is 1. The number of ether oxygens (including phenoxy) is 1. The van der Waals surface area contributed by atoms with Gasteiger partial charge in [-0.25, -0.2) is 4.79 Å². The Balaban J connectivity index is 2.31. The van der Waals surface area contributed by atoms with E-state index < -0.39 is 5.97 Å². The number of benzene rings is 1. The fourth-order valence-corrected chi connectivity index (χ4v) is 2.37. The van der Waals surface area contributed by atoms with Crippen molar-refractivity contribution in [1.29, 1.82) is 0 Å². The molecular weight excluding hydrogens is 244 g/mol. The van der Waals surface area contributed by atoms with Gasteiger partial charge in [0.05, 0.1) is 24.5 Å². The zero-order chi connectivity index (χ0) is 14.0. The number of nitrogens with two attached hydrogens (primary N) is 1. The average Bonchev–Trinajstić information content (AvgIpc) is 2.41. The molecule has 1 heterocycles. The van der Waals surface area contributed by atoms with E-state index in [1.807, 2.05) is 17.9 Å². The Morgan fingerprint density at radius 2 is 2.26 bits per heavy atom. The van der Waals surface area contributed by atoms with E-state index in [0.717, 1.165) is 18.7 Å². The summed E-state index contributed by atoms with van der Waals surface area (Å²) in [6.07, 6.45) is 0.517. The number of hydrogen-bond donors (Lipinski definition) is 2. The van der Waals surface area contributed by atoms with E-state index in [4.69, 9.17) is 10.5 Å². The van der Waals surface area contributed by atoms with Gasteiger partial charge >= 0.3 is 5.97 Å².